The Morgan fingerprint density at radius 3 is 2.00 bits per heavy atom. The average Bonchev–Trinajstić information content (AvgIpc) is 2.80. The first-order chi connectivity index (χ1) is 10.7. The molecule has 1 heterocycles. The summed E-state index contributed by atoms with van der Waals surface area (Å²) in [6.45, 7) is 1.86. The van der Waals surface area contributed by atoms with Gasteiger partial charge in [0.25, 0.3) is 11.8 Å². The summed E-state index contributed by atoms with van der Waals surface area (Å²) in [7, 11) is 0. The Kier molecular flexibility index (Phi) is 3.85. The van der Waals surface area contributed by atoms with Crippen molar-refractivity contribution in [2.24, 2.45) is 0 Å². The molecule has 0 saturated heterocycles. The van der Waals surface area contributed by atoms with E-state index < -0.39 is 17.9 Å². The lowest BCUT2D eigenvalue weighted by Gasteiger charge is -2.20. The highest BCUT2D eigenvalue weighted by molar-refractivity contribution is 6.20. The average molecular weight is 293 g/mol. The molecule has 0 spiro atoms. The smallest absolute Gasteiger partial charge is 0.266 e. The molecule has 1 aliphatic heterocycles. The van der Waals surface area contributed by atoms with Crippen LogP contribution < -0.4 is 0 Å². The number of benzene rings is 2. The van der Waals surface area contributed by atoms with Crippen molar-refractivity contribution in [1.82, 2.24) is 5.06 Å². The first kappa shape index (κ1) is 14.2. The predicted octanol–water partition coefficient (Wildman–Crippen LogP) is 3.53. The molecule has 0 bridgehead atoms. The molecule has 1 atom stereocenters. The van der Waals surface area contributed by atoms with E-state index in [0.29, 0.717) is 11.1 Å². The lowest BCUT2D eigenvalue weighted by atomic mass is 10.1. The largest absolute Gasteiger partial charge is 0.285 e. The third-order valence-electron chi connectivity index (χ3n) is 3.47. The van der Waals surface area contributed by atoms with Crippen LogP contribution in [0, 0.1) is 0 Å². The fraction of sp³-hybridized carbons (Fsp3) is 0.111. The molecule has 0 fully saturated rings. The summed E-state index contributed by atoms with van der Waals surface area (Å²) in [5.74, 6) is -0.850. The maximum Gasteiger partial charge on any atom is 0.285 e. The minimum absolute atomic E-state index is 0.375. The SMILES string of the molecule is C/C=C/C(ON1C(=O)c2ccccc2C1=O)c1ccccc1. The lowest BCUT2D eigenvalue weighted by Crippen LogP contribution is -2.31. The monoisotopic (exact) mass is 293 g/mol. The van der Waals surface area contributed by atoms with Crippen molar-refractivity contribution < 1.29 is 14.4 Å². The van der Waals surface area contributed by atoms with Crippen molar-refractivity contribution >= 4 is 11.8 Å². The number of nitrogens with zero attached hydrogens (tertiary/aromatic N) is 1. The third kappa shape index (κ3) is 2.44. The van der Waals surface area contributed by atoms with Crippen LogP contribution in [0.3, 0.4) is 0 Å². The Bertz CT molecular complexity index is 702. The van der Waals surface area contributed by atoms with Gasteiger partial charge in [0, 0.05) is 0 Å². The summed E-state index contributed by atoms with van der Waals surface area (Å²) >= 11 is 0. The second-order valence-corrected chi connectivity index (χ2v) is 4.91. The van der Waals surface area contributed by atoms with Crippen LogP contribution in [-0.4, -0.2) is 16.9 Å². The molecule has 0 aromatic heterocycles. The molecule has 0 radical (unpaired) electrons. The second-order valence-electron chi connectivity index (χ2n) is 4.91. The van der Waals surface area contributed by atoms with Gasteiger partial charge in [0.1, 0.15) is 6.10 Å². The topological polar surface area (TPSA) is 46.6 Å². The number of allylic oxidation sites excluding steroid dienone is 1. The van der Waals surface area contributed by atoms with Gasteiger partial charge in [-0.3, -0.25) is 14.4 Å². The summed E-state index contributed by atoms with van der Waals surface area (Å²) in [5.41, 5.74) is 1.62. The van der Waals surface area contributed by atoms with E-state index in [2.05, 4.69) is 0 Å². The molecular weight excluding hydrogens is 278 g/mol. The molecule has 22 heavy (non-hydrogen) atoms. The molecule has 4 nitrogen and oxygen atoms in total. The third-order valence-corrected chi connectivity index (χ3v) is 3.47. The summed E-state index contributed by atoms with van der Waals surface area (Å²) in [6, 6.07) is 16.2. The number of imide groups is 1. The van der Waals surface area contributed by atoms with Crippen LogP contribution in [0.4, 0.5) is 0 Å². The van der Waals surface area contributed by atoms with Gasteiger partial charge in [0.05, 0.1) is 11.1 Å². The number of hydrogen-bond acceptors (Lipinski definition) is 3. The van der Waals surface area contributed by atoms with E-state index in [4.69, 9.17) is 4.84 Å². The molecule has 0 saturated carbocycles. The zero-order valence-electron chi connectivity index (χ0n) is 12.1. The normalized spacial score (nSPS) is 15.4. The highest BCUT2D eigenvalue weighted by Crippen LogP contribution is 2.28. The van der Waals surface area contributed by atoms with Crippen LogP contribution in [0.5, 0.6) is 0 Å². The van der Waals surface area contributed by atoms with Gasteiger partial charge in [0.15, 0.2) is 0 Å². The zero-order valence-corrected chi connectivity index (χ0v) is 12.1. The Morgan fingerprint density at radius 1 is 0.909 bits per heavy atom. The van der Waals surface area contributed by atoms with E-state index in [1.807, 2.05) is 43.3 Å². The second kappa shape index (κ2) is 5.95. The predicted molar refractivity (Wildman–Crippen MR) is 82.0 cm³/mol. The van der Waals surface area contributed by atoms with Crippen LogP contribution in [0.1, 0.15) is 39.3 Å². The fourth-order valence-corrected chi connectivity index (χ4v) is 2.40. The van der Waals surface area contributed by atoms with Crippen LogP contribution in [-0.2, 0) is 4.84 Å². The summed E-state index contributed by atoms with van der Waals surface area (Å²) in [5, 5.41) is 0.850. The minimum Gasteiger partial charge on any atom is -0.266 e. The molecule has 2 amide bonds. The van der Waals surface area contributed by atoms with Crippen molar-refractivity contribution in [3.05, 3.63) is 83.4 Å². The van der Waals surface area contributed by atoms with Gasteiger partial charge in [0.2, 0.25) is 0 Å². The van der Waals surface area contributed by atoms with Crippen molar-refractivity contribution in [3.8, 4) is 0 Å². The molecular formula is C18H15NO3. The molecule has 2 aromatic carbocycles. The Labute approximate surface area is 128 Å². The number of fused-ring (bicyclic) bond motifs is 1. The zero-order chi connectivity index (χ0) is 15.5. The molecule has 0 aliphatic carbocycles. The minimum atomic E-state index is -0.492. The summed E-state index contributed by atoms with van der Waals surface area (Å²) in [6.07, 6.45) is 3.14. The van der Waals surface area contributed by atoms with Gasteiger partial charge in [-0.05, 0) is 24.6 Å². The van der Waals surface area contributed by atoms with Crippen molar-refractivity contribution in [2.75, 3.05) is 0 Å². The van der Waals surface area contributed by atoms with E-state index >= 15 is 0 Å². The van der Waals surface area contributed by atoms with Gasteiger partial charge >= 0.3 is 0 Å². The van der Waals surface area contributed by atoms with E-state index in [0.717, 1.165) is 10.6 Å². The number of carbonyl (C=O) groups excluding carboxylic acids is 2. The van der Waals surface area contributed by atoms with Crippen LogP contribution in [0.2, 0.25) is 0 Å². The van der Waals surface area contributed by atoms with Crippen LogP contribution >= 0.6 is 0 Å². The van der Waals surface area contributed by atoms with Gasteiger partial charge in [-0.2, -0.15) is 0 Å². The maximum absolute atomic E-state index is 12.3. The summed E-state index contributed by atoms with van der Waals surface area (Å²) < 4.78 is 0. The molecule has 110 valence electrons. The van der Waals surface area contributed by atoms with Gasteiger partial charge < -0.3 is 0 Å². The van der Waals surface area contributed by atoms with Crippen LogP contribution in [0.15, 0.2) is 66.7 Å². The van der Waals surface area contributed by atoms with Crippen molar-refractivity contribution in [3.63, 3.8) is 0 Å². The van der Waals surface area contributed by atoms with E-state index in [-0.39, 0.29) is 0 Å². The first-order valence-electron chi connectivity index (χ1n) is 7.04. The van der Waals surface area contributed by atoms with Gasteiger partial charge in [-0.1, -0.05) is 54.6 Å². The number of amides is 2. The highest BCUT2D eigenvalue weighted by atomic mass is 16.7. The molecule has 0 N–H and O–H groups in total. The van der Waals surface area contributed by atoms with Crippen LogP contribution in [0.25, 0.3) is 0 Å². The maximum atomic E-state index is 12.3. The Balaban J connectivity index is 1.89. The van der Waals surface area contributed by atoms with E-state index in [1.54, 1.807) is 30.3 Å². The lowest BCUT2D eigenvalue weighted by molar-refractivity contribution is -0.118. The summed E-state index contributed by atoms with van der Waals surface area (Å²) in [4.78, 5) is 30.4. The van der Waals surface area contributed by atoms with Crippen molar-refractivity contribution in [2.45, 2.75) is 13.0 Å². The van der Waals surface area contributed by atoms with E-state index in [1.165, 1.54) is 0 Å². The number of hydrogen-bond donors (Lipinski definition) is 0. The fourth-order valence-electron chi connectivity index (χ4n) is 2.40. The Morgan fingerprint density at radius 2 is 1.45 bits per heavy atom. The molecule has 4 heteroatoms. The molecule has 1 aliphatic rings. The van der Waals surface area contributed by atoms with Gasteiger partial charge in [-0.25, -0.2) is 0 Å². The quantitative estimate of drug-likeness (QED) is 0.640. The first-order valence-corrected chi connectivity index (χ1v) is 7.04. The Hall–Kier alpha value is -2.72. The highest BCUT2D eigenvalue weighted by Gasteiger charge is 2.37. The molecule has 2 aromatic rings. The molecule has 3 rings (SSSR count). The van der Waals surface area contributed by atoms with Gasteiger partial charge in [-0.15, -0.1) is 5.06 Å². The number of hydroxylamine groups is 2. The molecule has 1 unspecified atom stereocenters. The van der Waals surface area contributed by atoms with E-state index in [9.17, 15) is 9.59 Å². The number of carbonyl (C=O) groups is 2. The standard InChI is InChI=1S/C18H15NO3/c1-2-8-16(13-9-4-3-5-10-13)22-19-17(20)14-11-6-7-12-15(14)18(19)21/h2-12,16H,1H3/b8-2+. The van der Waals surface area contributed by atoms with Crippen molar-refractivity contribution in [1.29, 1.82) is 0 Å². The number of rotatable bonds is 4.